The highest BCUT2D eigenvalue weighted by atomic mass is 16.5. The summed E-state index contributed by atoms with van der Waals surface area (Å²) in [4.78, 5) is 11.7. The van der Waals surface area contributed by atoms with Crippen molar-refractivity contribution in [3.8, 4) is 0 Å². The summed E-state index contributed by atoms with van der Waals surface area (Å²) in [6, 6.07) is 14.8. The zero-order chi connectivity index (χ0) is 15.5. The fourth-order valence-electron chi connectivity index (χ4n) is 3.42. The van der Waals surface area contributed by atoms with Gasteiger partial charge >= 0.3 is 5.97 Å². The van der Waals surface area contributed by atoms with E-state index in [2.05, 4.69) is 37.3 Å². The van der Waals surface area contributed by atoms with Crippen molar-refractivity contribution in [3.05, 3.63) is 70.3 Å². The lowest BCUT2D eigenvalue weighted by molar-refractivity contribution is 0.0600. The molecule has 0 aliphatic heterocycles. The monoisotopic (exact) mass is 294 g/mol. The zero-order valence-electron chi connectivity index (χ0n) is 13.3. The molecule has 22 heavy (non-hydrogen) atoms. The highest BCUT2D eigenvalue weighted by Crippen LogP contribution is 2.29. The molecule has 3 rings (SSSR count). The van der Waals surface area contributed by atoms with E-state index in [0.29, 0.717) is 11.5 Å². The van der Waals surface area contributed by atoms with Crippen LogP contribution in [-0.4, -0.2) is 13.1 Å². The number of carbonyl (C=O) groups is 1. The Morgan fingerprint density at radius 2 is 2.05 bits per heavy atom. The molecule has 1 atom stereocenters. The van der Waals surface area contributed by atoms with Gasteiger partial charge in [-0.15, -0.1) is 0 Å². The topological polar surface area (TPSA) is 26.3 Å². The second-order valence-electron chi connectivity index (χ2n) is 6.28. The van der Waals surface area contributed by atoms with Crippen molar-refractivity contribution in [2.24, 2.45) is 5.92 Å². The quantitative estimate of drug-likeness (QED) is 0.796. The third kappa shape index (κ3) is 3.22. The SMILES string of the molecule is COC(=O)c1ccc2c(c1)CC(Cc1cccc(C)c1)CC2. The van der Waals surface area contributed by atoms with Gasteiger partial charge in [0.05, 0.1) is 12.7 Å². The molecule has 0 saturated carbocycles. The number of hydrogen-bond acceptors (Lipinski definition) is 2. The average molecular weight is 294 g/mol. The summed E-state index contributed by atoms with van der Waals surface area (Å²) in [7, 11) is 1.43. The summed E-state index contributed by atoms with van der Waals surface area (Å²) in [6.07, 6.45) is 4.49. The summed E-state index contributed by atoms with van der Waals surface area (Å²) < 4.78 is 4.82. The molecule has 1 aliphatic carbocycles. The highest BCUT2D eigenvalue weighted by Gasteiger charge is 2.20. The molecule has 0 aromatic heterocycles. The van der Waals surface area contributed by atoms with Gasteiger partial charge in [0, 0.05) is 0 Å². The first-order chi connectivity index (χ1) is 10.7. The summed E-state index contributed by atoms with van der Waals surface area (Å²) in [6.45, 7) is 2.14. The van der Waals surface area contributed by atoms with Crippen LogP contribution in [0.2, 0.25) is 0 Å². The largest absolute Gasteiger partial charge is 0.465 e. The lowest BCUT2D eigenvalue weighted by Crippen LogP contribution is -2.17. The molecule has 2 aromatic carbocycles. The van der Waals surface area contributed by atoms with Gasteiger partial charge in [-0.05, 0) is 67.3 Å². The fraction of sp³-hybridized carbons (Fsp3) is 0.350. The van der Waals surface area contributed by atoms with E-state index in [4.69, 9.17) is 4.74 Å². The normalized spacial score (nSPS) is 16.9. The van der Waals surface area contributed by atoms with Crippen LogP contribution in [-0.2, 0) is 24.0 Å². The first-order valence-electron chi connectivity index (χ1n) is 7.91. The molecule has 0 N–H and O–H groups in total. The third-order valence-electron chi connectivity index (χ3n) is 4.56. The summed E-state index contributed by atoms with van der Waals surface area (Å²) in [5.41, 5.74) is 6.09. The van der Waals surface area contributed by atoms with E-state index in [0.717, 1.165) is 19.3 Å². The second kappa shape index (κ2) is 6.35. The van der Waals surface area contributed by atoms with Gasteiger partial charge in [0.2, 0.25) is 0 Å². The first-order valence-corrected chi connectivity index (χ1v) is 7.91. The number of benzene rings is 2. The zero-order valence-corrected chi connectivity index (χ0v) is 13.3. The summed E-state index contributed by atoms with van der Waals surface area (Å²) in [5, 5.41) is 0. The Balaban J connectivity index is 1.76. The van der Waals surface area contributed by atoms with Gasteiger partial charge in [-0.3, -0.25) is 0 Å². The predicted molar refractivity (Wildman–Crippen MR) is 88.2 cm³/mol. The maximum absolute atomic E-state index is 11.7. The molecule has 0 saturated heterocycles. The highest BCUT2D eigenvalue weighted by molar-refractivity contribution is 5.89. The lowest BCUT2D eigenvalue weighted by Gasteiger charge is -2.25. The van der Waals surface area contributed by atoms with Crippen LogP contribution < -0.4 is 0 Å². The van der Waals surface area contributed by atoms with E-state index in [1.165, 1.54) is 35.8 Å². The van der Waals surface area contributed by atoms with E-state index < -0.39 is 0 Å². The molecule has 114 valence electrons. The van der Waals surface area contributed by atoms with Crippen molar-refractivity contribution in [1.82, 2.24) is 0 Å². The molecule has 1 aliphatic rings. The van der Waals surface area contributed by atoms with Crippen LogP contribution in [0.4, 0.5) is 0 Å². The average Bonchev–Trinajstić information content (AvgIpc) is 2.53. The molecule has 0 amide bonds. The van der Waals surface area contributed by atoms with E-state index >= 15 is 0 Å². The Hall–Kier alpha value is -2.09. The Morgan fingerprint density at radius 3 is 2.82 bits per heavy atom. The molecular formula is C20H22O2. The number of rotatable bonds is 3. The molecule has 2 heteroatoms. The number of ether oxygens (including phenoxy) is 1. The van der Waals surface area contributed by atoms with Gasteiger partial charge in [0.25, 0.3) is 0 Å². The summed E-state index contributed by atoms with van der Waals surface area (Å²) in [5.74, 6) is 0.408. The van der Waals surface area contributed by atoms with Gasteiger partial charge < -0.3 is 4.74 Å². The molecule has 0 heterocycles. The Labute approximate surface area is 132 Å². The Morgan fingerprint density at radius 1 is 1.18 bits per heavy atom. The maximum atomic E-state index is 11.7. The van der Waals surface area contributed by atoms with Gasteiger partial charge in [-0.25, -0.2) is 4.79 Å². The van der Waals surface area contributed by atoms with Crippen molar-refractivity contribution in [2.75, 3.05) is 7.11 Å². The second-order valence-corrected chi connectivity index (χ2v) is 6.28. The fourth-order valence-corrected chi connectivity index (χ4v) is 3.42. The predicted octanol–water partition coefficient (Wildman–Crippen LogP) is 4.13. The van der Waals surface area contributed by atoms with Gasteiger partial charge in [0.1, 0.15) is 0 Å². The number of hydrogen-bond donors (Lipinski definition) is 0. The number of fused-ring (bicyclic) bond motifs is 1. The van der Waals surface area contributed by atoms with Crippen LogP contribution in [0.25, 0.3) is 0 Å². The van der Waals surface area contributed by atoms with Crippen LogP contribution in [0.15, 0.2) is 42.5 Å². The summed E-state index contributed by atoms with van der Waals surface area (Å²) >= 11 is 0. The van der Waals surface area contributed by atoms with Crippen LogP contribution >= 0.6 is 0 Å². The van der Waals surface area contributed by atoms with E-state index in [1.807, 2.05) is 12.1 Å². The molecule has 0 bridgehead atoms. The molecule has 0 radical (unpaired) electrons. The van der Waals surface area contributed by atoms with Crippen molar-refractivity contribution in [3.63, 3.8) is 0 Å². The minimum absolute atomic E-state index is 0.247. The van der Waals surface area contributed by atoms with Gasteiger partial charge in [0.15, 0.2) is 0 Å². The van der Waals surface area contributed by atoms with Crippen LogP contribution in [0.1, 0.15) is 39.0 Å². The van der Waals surface area contributed by atoms with Crippen molar-refractivity contribution < 1.29 is 9.53 Å². The smallest absolute Gasteiger partial charge is 0.337 e. The standard InChI is InChI=1S/C20H22O2/c1-14-4-3-5-15(10-14)11-16-6-7-17-8-9-18(20(21)22-2)13-19(17)12-16/h3-5,8-10,13,16H,6-7,11-12H2,1-2H3. The van der Waals surface area contributed by atoms with Crippen LogP contribution in [0.3, 0.4) is 0 Å². The number of methoxy groups -OCH3 is 1. The van der Waals surface area contributed by atoms with E-state index in [1.54, 1.807) is 0 Å². The minimum atomic E-state index is -0.247. The minimum Gasteiger partial charge on any atom is -0.465 e. The number of esters is 1. The maximum Gasteiger partial charge on any atom is 0.337 e. The van der Waals surface area contributed by atoms with Crippen molar-refractivity contribution in [1.29, 1.82) is 0 Å². The van der Waals surface area contributed by atoms with Crippen molar-refractivity contribution >= 4 is 5.97 Å². The molecule has 0 spiro atoms. The van der Waals surface area contributed by atoms with Gasteiger partial charge in [-0.1, -0.05) is 35.9 Å². The molecule has 2 aromatic rings. The van der Waals surface area contributed by atoms with Crippen LogP contribution in [0.5, 0.6) is 0 Å². The van der Waals surface area contributed by atoms with Crippen LogP contribution in [0, 0.1) is 12.8 Å². The molecular weight excluding hydrogens is 272 g/mol. The molecule has 1 unspecified atom stereocenters. The van der Waals surface area contributed by atoms with Crippen molar-refractivity contribution in [2.45, 2.75) is 32.6 Å². The van der Waals surface area contributed by atoms with E-state index in [9.17, 15) is 4.79 Å². The van der Waals surface area contributed by atoms with Gasteiger partial charge in [-0.2, -0.15) is 0 Å². The molecule has 0 fully saturated rings. The first kappa shape index (κ1) is 14.8. The molecule has 2 nitrogen and oxygen atoms in total. The lowest BCUT2D eigenvalue weighted by atomic mass is 9.80. The third-order valence-corrected chi connectivity index (χ3v) is 4.56. The number of aryl methyl sites for hydroxylation is 2. The Bertz CT molecular complexity index is 688. The Kier molecular flexibility index (Phi) is 4.28. The number of carbonyl (C=O) groups excluding carboxylic acids is 1. The van der Waals surface area contributed by atoms with E-state index in [-0.39, 0.29) is 5.97 Å².